The lowest BCUT2D eigenvalue weighted by atomic mass is 9.97. The summed E-state index contributed by atoms with van der Waals surface area (Å²) >= 11 is 1.64. The Kier molecular flexibility index (Phi) is 3.94. The van der Waals surface area contributed by atoms with Gasteiger partial charge in [0.1, 0.15) is 5.54 Å². The molecule has 2 unspecified atom stereocenters. The van der Waals surface area contributed by atoms with Gasteiger partial charge in [-0.2, -0.15) is 0 Å². The van der Waals surface area contributed by atoms with Crippen molar-refractivity contribution in [3.05, 3.63) is 22.4 Å². The van der Waals surface area contributed by atoms with E-state index in [9.17, 15) is 9.59 Å². The zero-order valence-electron chi connectivity index (χ0n) is 11.6. The zero-order chi connectivity index (χ0) is 14.0. The summed E-state index contributed by atoms with van der Waals surface area (Å²) in [4.78, 5) is 27.5. The van der Waals surface area contributed by atoms with Gasteiger partial charge in [0, 0.05) is 17.3 Å². The van der Waals surface area contributed by atoms with Crippen LogP contribution < -0.4 is 5.32 Å². The van der Waals surface area contributed by atoms with E-state index in [1.54, 1.807) is 11.3 Å². The van der Waals surface area contributed by atoms with Gasteiger partial charge in [-0.3, -0.25) is 9.59 Å². The first kappa shape index (κ1) is 14.1. The van der Waals surface area contributed by atoms with Gasteiger partial charge in [-0.15, -0.1) is 11.3 Å². The third-order valence-corrected chi connectivity index (χ3v) is 4.64. The minimum Gasteiger partial charge on any atom is -0.342 e. The highest BCUT2D eigenvalue weighted by Gasteiger charge is 2.41. The van der Waals surface area contributed by atoms with Crippen molar-refractivity contribution < 1.29 is 9.59 Å². The molecule has 0 bridgehead atoms. The van der Waals surface area contributed by atoms with Crippen LogP contribution in [0.5, 0.6) is 0 Å². The molecule has 1 aromatic rings. The van der Waals surface area contributed by atoms with Crippen molar-refractivity contribution in [2.45, 2.75) is 51.7 Å². The summed E-state index contributed by atoms with van der Waals surface area (Å²) in [7, 11) is 0. The molecule has 1 aromatic heterocycles. The van der Waals surface area contributed by atoms with Crippen LogP contribution in [-0.2, 0) is 16.1 Å². The molecule has 4 nitrogen and oxygen atoms in total. The maximum atomic E-state index is 12.7. The minimum absolute atomic E-state index is 0.0155. The number of thiophene rings is 1. The highest BCUT2D eigenvalue weighted by atomic mass is 32.1. The van der Waals surface area contributed by atoms with Gasteiger partial charge in [-0.05, 0) is 31.7 Å². The number of carbonyl (C=O) groups is 2. The van der Waals surface area contributed by atoms with E-state index in [0.717, 1.165) is 4.88 Å². The van der Waals surface area contributed by atoms with Crippen LogP contribution in [0.25, 0.3) is 0 Å². The predicted octanol–water partition coefficient (Wildman–Crippen LogP) is 2.15. The Morgan fingerprint density at radius 2 is 2.26 bits per heavy atom. The van der Waals surface area contributed by atoms with Gasteiger partial charge in [0.05, 0.1) is 6.54 Å². The average molecular weight is 280 g/mol. The van der Waals surface area contributed by atoms with Gasteiger partial charge < -0.3 is 10.2 Å². The number of rotatable bonds is 3. The fourth-order valence-electron chi connectivity index (χ4n) is 2.35. The molecule has 1 fully saturated rings. The highest BCUT2D eigenvalue weighted by Crippen LogP contribution is 2.24. The average Bonchev–Trinajstić information content (AvgIpc) is 2.84. The maximum Gasteiger partial charge on any atom is 0.248 e. The SMILES string of the molecule is CCC1(C)NC(=O)CC(C)N(Cc2cccs2)C1=O. The molecule has 104 valence electrons. The van der Waals surface area contributed by atoms with E-state index < -0.39 is 5.54 Å². The second-order valence-electron chi connectivity index (χ2n) is 5.30. The molecule has 1 N–H and O–H groups in total. The predicted molar refractivity (Wildman–Crippen MR) is 75.8 cm³/mol. The molecular weight excluding hydrogens is 260 g/mol. The van der Waals surface area contributed by atoms with Gasteiger partial charge in [0.25, 0.3) is 0 Å². The van der Waals surface area contributed by atoms with Crippen LogP contribution in [0, 0.1) is 0 Å². The van der Waals surface area contributed by atoms with E-state index in [0.29, 0.717) is 19.4 Å². The monoisotopic (exact) mass is 280 g/mol. The summed E-state index contributed by atoms with van der Waals surface area (Å²) in [5, 5.41) is 4.87. The van der Waals surface area contributed by atoms with Crippen molar-refractivity contribution >= 4 is 23.2 Å². The molecule has 0 aromatic carbocycles. The van der Waals surface area contributed by atoms with Gasteiger partial charge in [-0.1, -0.05) is 13.0 Å². The lowest BCUT2D eigenvalue weighted by molar-refractivity contribution is -0.140. The molecule has 0 spiro atoms. The fourth-order valence-corrected chi connectivity index (χ4v) is 3.05. The quantitative estimate of drug-likeness (QED) is 0.922. The topological polar surface area (TPSA) is 49.4 Å². The Balaban J connectivity index is 2.28. The molecule has 19 heavy (non-hydrogen) atoms. The van der Waals surface area contributed by atoms with Crippen molar-refractivity contribution in [1.82, 2.24) is 10.2 Å². The van der Waals surface area contributed by atoms with Crippen LogP contribution in [0.2, 0.25) is 0 Å². The van der Waals surface area contributed by atoms with Crippen molar-refractivity contribution in [3.8, 4) is 0 Å². The number of amides is 2. The molecular formula is C14H20N2O2S. The van der Waals surface area contributed by atoms with Crippen molar-refractivity contribution in [2.75, 3.05) is 0 Å². The molecule has 1 saturated heterocycles. The normalized spacial score (nSPS) is 28.2. The maximum absolute atomic E-state index is 12.7. The van der Waals surface area contributed by atoms with E-state index in [4.69, 9.17) is 0 Å². The van der Waals surface area contributed by atoms with Crippen molar-refractivity contribution in [3.63, 3.8) is 0 Å². The molecule has 2 amide bonds. The standard InChI is InChI=1S/C14H20N2O2S/c1-4-14(3)13(18)16(9-11-6-5-7-19-11)10(2)8-12(17)15-14/h5-7,10H,4,8-9H2,1-3H3,(H,15,17). The van der Waals surface area contributed by atoms with E-state index in [1.165, 1.54) is 0 Å². The lowest BCUT2D eigenvalue weighted by Gasteiger charge is -2.33. The Morgan fingerprint density at radius 3 is 2.84 bits per heavy atom. The number of hydrogen-bond acceptors (Lipinski definition) is 3. The number of nitrogens with one attached hydrogen (secondary N) is 1. The first-order valence-corrected chi connectivity index (χ1v) is 7.48. The van der Waals surface area contributed by atoms with Gasteiger partial charge in [-0.25, -0.2) is 0 Å². The molecule has 2 rings (SSSR count). The summed E-state index contributed by atoms with van der Waals surface area (Å²) < 4.78 is 0. The molecule has 0 aliphatic carbocycles. The summed E-state index contributed by atoms with van der Waals surface area (Å²) in [5.41, 5.74) is -0.779. The van der Waals surface area contributed by atoms with Crippen LogP contribution in [0.4, 0.5) is 0 Å². The van der Waals surface area contributed by atoms with E-state index >= 15 is 0 Å². The summed E-state index contributed by atoms with van der Waals surface area (Å²) in [6, 6.07) is 3.94. The molecule has 1 aliphatic heterocycles. The second-order valence-corrected chi connectivity index (χ2v) is 6.33. The summed E-state index contributed by atoms with van der Waals surface area (Å²) in [6.45, 7) is 6.26. The van der Waals surface area contributed by atoms with Crippen LogP contribution >= 0.6 is 11.3 Å². The third kappa shape index (κ3) is 2.81. The van der Waals surface area contributed by atoms with Crippen LogP contribution in [0.1, 0.15) is 38.5 Å². The van der Waals surface area contributed by atoms with Crippen molar-refractivity contribution in [1.29, 1.82) is 0 Å². The molecule has 2 heterocycles. The van der Waals surface area contributed by atoms with E-state index in [-0.39, 0.29) is 17.9 Å². The molecule has 5 heteroatoms. The third-order valence-electron chi connectivity index (χ3n) is 3.77. The zero-order valence-corrected chi connectivity index (χ0v) is 12.4. The Labute approximate surface area is 117 Å². The summed E-state index contributed by atoms with van der Waals surface area (Å²) in [5.74, 6) is -0.0272. The Morgan fingerprint density at radius 1 is 1.53 bits per heavy atom. The molecule has 2 atom stereocenters. The Hall–Kier alpha value is -1.36. The van der Waals surface area contributed by atoms with Crippen molar-refractivity contribution in [2.24, 2.45) is 0 Å². The van der Waals surface area contributed by atoms with Gasteiger partial charge >= 0.3 is 0 Å². The van der Waals surface area contributed by atoms with E-state index in [1.807, 2.05) is 43.2 Å². The fraction of sp³-hybridized carbons (Fsp3) is 0.571. The largest absolute Gasteiger partial charge is 0.342 e. The molecule has 0 saturated carbocycles. The minimum atomic E-state index is -0.779. The van der Waals surface area contributed by atoms with Crippen LogP contribution in [0.15, 0.2) is 17.5 Å². The van der Waals surface area contributed by atoms with Crippen LogP contribution in [-0.4, -0.2) is 28.3 Å². The van der Waals surface area contributed by atoms with Gasteiger partial charge in [0.15, 0.2) is 0 Å². The highest BCUT2D eigenvalue weighted by molar-refractivity contribution is 7.09. The number of hydrogen-bond donors (Lipinski definition) is 1. The lowest BCUT2D eigenvalue weighted by Crippen LogP contribution is -2.55. The summed E-state index contributed by atoms with van der Waals surface area (Å²) in [6.07, 6.45) is 0.970. The van der Waals surface area contributed by atoms with Crippen LogP contribution in [0.3, 0.4) is 0 Å². The molecule has 0 radical (unpaired) electrons. The van der Waals surface area contributed by atoms with Gasteiger partial charge in [0.2, 0.25) is 11.8 Å². The number of nitrogens with zero attached hydrogens (tertiary/aromatic N) is 1. The number of carbonyl (C=O) groups excluding carboxylic acids is 2. The van der Waals surface area contributed by atoms with E-state index in [2.05, 4.69) is 5.32 Å². The Bertz CT molecular complexity index is 472. The first-order valence-electron chi connectivity index (χ1n) is 6.60. The molecule has 1 aliphatic rings. The second kappa shape index (κ2) is 5.33. The first-order chi connectivity index (χ1) is 8.96. The smallest absolute Gasteiger partial charge is 0.248 e.